The van der Waals surface area contributed by atoms with Gasteiger partial charge in [-0.05, 0) is 58.2 Å². The molecule has 5 nitrogen and oxygen atoms in total. The van der Waals surface area contributed by atoms with Gasteiger partial charge in [-0.15, -0.1) is 11.3 Å². The highest BCUT2D eigenvalue weighted by atomic mass is 79.9. The molecular formula is C18H17BrCl2N4OS. The summed E-state index contributed by atoms with van der Waals surface area (Å²) in [6.07, 6.45) is 2.27. The van der Waals surface area contributed by atoms with E-state index in [1.54, 1.807) is 23.0 Å². The predicted molar refractivity (Wildman–Crippen MR) is 115 cm³/mol. The largest absolute Gasteiger partial charge is 0.365 e. The molecule has 0 saturated carbocycles. The van der Waals surface area contributed by atoms with Crippen molar-refractivity contribution in [2.45, 2.75) is 12.3 Å². The minimum absolute atomic E-state index is 0.140. The van der Waals surface area contributed by atoms with E-state index in [4.69, 9.17) is 34.7 Å². The highest BCUT2D eigenvalue weighted by molar-refractivity contribution is 9.10. The smallest absolute Gasteiger partial charge is 0.259 e. The zero-order valence-electron chi connectivity index (χ0n) is 14.4. The van der Waals surface area contributed by atoms with Crippen LogP contribution in [0.15, 0.2) is 34.9 Å². The van der Waals surface area contributed by atoms with Gasteiger partial charge in [-0.1, -0.05) is 29.3 Å². The number of nitrogens with zero attached hydrogens (tertiary/aromatic N) is 2. The fourth-order valence-corrected chi connectivity index (χ4v) is 5.76. The summed E-state index contributed by atoms with van der Waals surface area (Å²) < 4.78 is 2.56. The molecule has 0 aliphatic carbocycles. The molecule has 0 unspecified atom stereocenters. The highest BCUT2D eigenvalue weighted by Gasteiger charge is 2.28. The average Bonchev–Trinajstić information content (AvgIpc) is 3.18. The topological polar surface area (TPSA) is 86.9 Å². The van der Waals surface area contributed by atoms with Crippen LogP contribution in [0.4, 0.5) is 0 Å². The van der Waals surface area contributed by atoms with Crippen molar-refractivity contribution in [3.63, 3.8) is 0 Å². The molecule has 1 atom stereocenters. The SMILES string of the molecule is Cn1nccc1-c1sc(C(N)=O)c([C@@H](CN)Cc2ccc(Cl)cc2Cl)c1Br. The van der Waals surface area contributed by atoms with Crippen LogP contribution in [0.5, 0.6) is 0 Å². The first kappa shape index (κ1) is 20.4. The lowest BCUT2D eigenvalue weighted by Crippen LogP contribution is -2.20. The molecular weight excluding hydrogens is 471 g/mol. The number of amides is 1. The number of aromatic nitrogens is 2. The average molecular weight is 488 g/mol. The van der Waals surface area contributed by atoms with Crippen molar-refractivity contribution in [3.8, 4) is 10.6 Å². The maximum Gasteiger partial charge on any atom is 0.259 e. The van der Waals surface area contributed by atoms with Crippen molar-refractivity contribution < 1.29 is 4.79 Å². The van der Waals surface area contributed by atoms with Gasteiger partial charge in [0.25, 0.3) is 5.91 Å². The Kier molecular flexibility index (Phi) is 6.28. The van der Waals surface area contributed by atoms with Crippen LogP contribution in [-0.2, 0) is 13.5 Å². The Labute approximate surface area is 179 Å². The highest BCUT2D eigenvalue weighted by Crippen LogP contribution is 2.44. The van der Waals surface area contributed by atoms with Gasteiger partial charge in [0.05, 0.1) is 15.4 Å². The van der Waals surface area contributed by atoms with Crippen LogP contribution < -0.4 is 11.5 Å². The number of carbonyl (C=O) groups is 1. The van der Waals surface area contributed by atoms with E-state index in [1.807, 2.05) is 19.2 Å². The van der Waals surface area contributed by atoms with Crippen molar-refractivity contribution in [2.75, 3.05) is 6.54 Å². The predicted octanol–water partition coefficient (Wildman–Crippen LogP) is 4.60. The molecule has 142 valence electrons. The first-order valence-corrected chi connectivity index (χ1v) is 10.4. The van der Waals surface area contributed by atoms with Gasteiger partial charge >= 0.3 is 0 Å². The van der Waals surface area contributed by atoms with Crippen LogP contribution in [0.1, 0.15) is 26.7 Å². The van der Waals surface area contributed by atoms with Crippen molar-refractivity contribution in [3.05, 3.63) is 61.0 Å². The van der Waals surface area contributed by atoms with Gasteiger partial charge in [0.2, 0.25) is 0 Å². The molecule has 0 aliphatic rings. The van der Waals surface area contributed by atoms with Gasteiger partial charge in [-0.25, -0.2) is 0 Å². The standard InChI is InChI=1S/C18H17BrCl2N4OS/c1-25-13(4-5-24-25)16-15(19)14(17(27-16)18(23)26)10(8-22)6-9-2-3-11(20)7-12(9)21/h2-5,7,10H,6,8,22H2,1H3,(H2,23,26)/t10-/m1/s1. The molecule has 3 aromatic rings. The van der Waals surface area contributed by atoms with Crippen molar-refractivity contribution >= 4 is 56.4 Å². The Hall–Kier alpha value is -1.38. The molecule has 0 aliphatic heterocycles. The zero-order chi connectivity index (χ0) is 19.7. The molecule has 0 fully saturated rings. The van der Waals surface area contributed by atoms with Crippen LogP contribution >= 0.6 is 50.5 Å². The van der Waals surface area contributed by atoms with Crippen molar-refractivity contribution in [1.29, 1.82) is 0 Å². The van der Waals surface area contributed by atoms with E-state index in [1.165, 1.54) is 11.3 Å². The monoisotopic (exact) mass is 486 g/mol. The van der Waals surface area contributed by atoms with Gasteiger partial charge in [-0.2, -0.15) is 5.10 Å². The van der Waals surface area contributed by atoms with Crippen LogP contribution in [0.25, 0.3) is 10.6 Å². The Balaban J connectivity index is 2.08. The van der Waals surface area contributed by atoms with E-state index in [2.05, 4.69) is 21.0 Å². The van der Waals surface area contributed by atoms with Crippen LogP contribution in [-0.4, -0.2) is 22.2 Å². The third-order valence-electron chi connectivity index (χ3n) is 4.34. The first-order valence-electron chi connectivity index (χ1n) is 8.07. The second-order valence-electron chi connectivity index (χ2n) is 6.06. The van der Waals surface area contributed by atoms with E-state index < -0.39 is 5.91 Å². The molecule has 1 amide bonds. The van der Waals surface area contributed by atoms with Gasteiger partial charge < -0.3 is 11.5 Å². The van der Waals surface area contributed by atoms with E-state index >= 15 is 0 Å². The number of benzene rings is 1. The van der Waals surface area contributed by atoms with Gasteiger partial charge in [-0.3, -0.25) is 9.48 Å². The number of aryl methyl sites for hydroxylation is 1. The zero-order valence-corrected chi connectivity index (χ0v) is 18.3. The number of nitrogens with two attached hydrogens (primary N) is 2. The summed E-state index contributed by atoms with van der Waals surface area (Å²) in [5, 5.41) is 5.34. The maximum atomic E-state index is 12.1. The first-order chi connectivity index (χ1) is 12.8. The number of thiophene rings is 1. The van der Waals surface area contributed by atoms with Crippen molar-refractivity contribution in [2.24, 2.45) is 18.5 Å². The summed E-state index contributed by atoms with van der Waals surface area (Å²) in [7, 11) is 1.85. The quantitative estimate of drug-likeness (QED) is 0.532. The summed E-state index contributed by atoms with van der Waals surface area (Å²) in [5.41, 5.74) is 14.3. The van der Waals surface area contributed by atoms with Gasteiger partial charge in [0.15, 0.2) is 0 Å². The van der Waals surface area contributed by atoms with E-state index in [-0.39, 0.29) is 5.92 Å². The molecule has 3 rings (SSSR count). The van der Waals surface area contributed by atoms with Crippen LogP contribution in [0, 0.1) is 0 Å². The molecule has 4 N–H and O–H groups in total. The number of primary amides is 1. The number of rotatable bonds is 6. The maximum absolute atomic E-state index is 12.1. The van der Waals surface area contributed by atoms with Gasteiger partial charge in [0.1, 0.15) is 0 Å². The Bertz CT molecular complexity index is 1000. The molecule has 9 heteroatoms. The summed E-state index contributed by atoms with van der Waals surface area (Å²) in [5.74, 6) is -0.622. The fraction of sp³-hybridized carbons (Fsp3) is 0.222. The molecule has 0 spiro atoms. The van der Waals surface area contributed by atoms with E-state index in [9.17, 15) is 4.79 Å². The van der Waals surface area contributed by atoms with Crippen LogP contribution in [0.2, 0.25) is 10.0 Å². The van der Waals surface area contributed by atoms with Crippen molar-refractivity contribution in [1.82, 2.24) is 9.78 Å². The minimum atomic E-state index is -0.482. The Morgan fingerprint density at radius 2 is 2.11 bits per heavy atom. The summed E-state index contributed by atoms with van der Waals surface area (Å²) in [6.45, 7) is 0.333. The lowest BCUT2D eigenvalue weighted by molar-refractivity contribution is 0.100. The molecule has 27 heavy (non-hydrogen) atoms. The van der Waals surface area contributed by atoms with E-state index in [0.29, 0.717) is 27.9 Å². The summed E-state index contributed by atoms with van der Waals surface area (Å²) in [4.78, 5) is 13.5. The molecule has 0 bridgehead atoms. The van der Waals surface area contributed by atoms with Crippen LogP contribution in [0.3, 0.4) is 0 Å². The second kappa shape index (κ2) is 8.32. The lowest BCUT2D eigenvalue weighted by atomic mass is 9.91. The van der Waals surface area contributed by atoms with Gasteiger partial charge in [0, 0.05) is 33.7 Å². The number of hydrogen-bond donors (Lipinski definition) is 2. The third-order valence-corrected chi connectivity index (χ3v) is 7.25. The third kappa shape index (κ3) is 4.07. The van der Waals surface area contributed by atoms with E-state index in [0.717, 1.165) is 26.2 Å². The second-order valence-corrected chi connectivity index (χ2v) is 8.72. The molecule has 0 radical (unpaired) electrons. The number of halogens is 3. The Morgan fingerprint density at radius 3 is 2.67 bits per heavy atom. The molecule has 0 saturated heterocycles. The lowest BCUT2D eigenvalue weighted by Gasteiger charge is -2.17. The Morgan fingerprint density at radius 1 is 1.37 bits per heavy atom. The summed E-state index contributed by atoms with van der Waals surface area (Å²) in [6, 6.07) is 7.25. The fourth-order valence-electron chi connectivity index (χ4n) is 2.99. The molecule has 2 heterocycles. The molecule has 2 aromatic heterocycles. The normalized spacial score (nSPS) is 12.3. The minimum Gasteiger partial charge on any atom is -0.365 e. The summed E-state index contributed by atoms with van der Waals surface area (Å²) >= 11 is 17.3. The number of carbonyl (C=O) groups excluding carboxylic acids is 1. The molecule has 1 aromatic carbocycles. The number of hydrogen-bond acceptors (Lipinski definition) is 4.